The number of rotatable bonds is 6. The fourth-order valence-corrected chi connectivity index (χ4v) is 1.45. The molecule has 0 aromatic rings. The number of aliphatic hydroxyl groups excluding tert-OH is 1. The maximum Gasteiger partial charge on any atom is 0.307 e. The quantitative estimate of drug-likeness (QED) is 0.581. The minimum absolute atomic E-state index is 0.203. The number of nitrogens with one attached hydrogen (secondary N) is 1. The van der Waals surface area contributed by atoms with Crippen LogP contribution in [0.1, 0.15) is 26.2 Å². The fourth-order valence-electron chi connectivity index (χ4n) is 1.45. The van der Waals surface area contributed by atoms with Crippen LogP contribution in [0.25, 0.3) is 0 Å². The van der Waals surface area contributed by atoms with Crippen molar-refractivity contribution in [2.75, 3.05) is 6.54 Å². The Kier molecular flexibility index (Phi) is 4.08. The van der Waals surface area contributed by atoms with Gasteiger partial charge < -0.3 is 15.5 Å². The average Bonchev–Trinajstić information content (AvgIpc) is 2.96. The number of carboxylic acids is 1. The lowest BCUT2D eigenvalue weighted by molar-refractivity contribution is -0.140. The molecule has 1 amide bonds. The molecule has 0 bridgehead atoms. The number of aliphatic carboxylic acids is 1. The summed E-state index contributed by atoms with van der Waals surface area (Å²) in [7, 11) is 0. The second-order valence-electron chi connectivity index (χ2n) is 3.93. The molecule has 3 atom stereocenters. The number of carbonyl (C=O) groups excluding carboxylic acids is 1. The molecule has 5 heteroatoms. The van der Waals surface area contributed by atoms with Crippen LogP contribution in [0, 0.1) is 11.8 Å². The van der Waals surface area contributed by atoms with Gasteiger partial charge in [0.25, 0.3) is 0 Å². The molecular weight excluding hydrogens is 198 g/mol. The van der Waals surface area contributed by atoms with Crippen LogP contribution in [0.15, 0.2) is 0 Å². The van der Waals surface area contributed by atoms with Crippen molar-refractivity contribution in [3.8, 4) is 0 Å². The molecule has 0 spiro atoms. The van der Waals surface area contributed by atoms with Crippen LogP contribution in [0.3, 0.4) is 0 Å². The highest BCUT2D eigenvalue weighted by molar-refractivity contribution is 5.89. The molecule has 1 saturated carbocycles. The van der Waals surface area contributed by atoms with E-state index in [9.17, 15) is 14.7 Å². The van der Waals surface area contributed by atoms with Gasteiger partial charge in [0, 0.05) is 6.54 Å². The van der Waals surface area contributed by atoms with Gasteiger partial charge >= 0.3 is 5.97 Å². The van der Waals surface area contributed by atoms with Crippen LogP contribution < -0.4 is 5.32 Å². The molecule has 15 heavy (non-hydrogen) atoms. The van der Waals surface area contributed by atoms with E-state index >= 15 is 0 Å². The first-order valence-corrected chi connectivity index (χ1v) is 5.24. The van der Waals surface area contributed by atoms with Crippen molar-refractivity contribution < 1.29 is 19.8 Å². The highest BCUT2D eigenvalue weighted by Crippen LogP contribution is 2.38. The molecule has 0 aromatic heterocycles. The second kappa shape index (κ2) is 5.11. The average molecular weight is 215 g/mol. The van der Waals surface area contributed by atoms with E-state index in [1.165, 1.54) is 0 Å². The van der Waals surface area contributed by atoms with Gasteiger partial charge in [0.05, 0.1) is 17.9 Å². The Bertz CT molecular complexity index is 254. The van der Waals surface area contributed by atoms with Gasteiger partial charge in [0.2, 0.25) is 5.91 Å². The molecule has 1 fully saturated rings. The van der Waals surface area contributed by atoms with E-state index in [0.717, 1.165) is 0 Å². The topological polar surface area (TPSA) is 86.6 Å². The van der Waals surface area contributed by atoms with E-state index in [2.05, 4.69) is 5.32 Å². The summed E-state index contributed by atoms with van der Waals surface area (Å²) in [4.78, 5) is 21.8. The molecule has 1 rings (SSSR count). The number of aliphatic hydroxyl groups is 1. The van der Waals surface area contributed by atoms with Gasteiger partial charge in [-0.25, -0.2) is 0 Å². The zero-order valence-electron chi connectivity index (χ0n) is 8.77. The Morgan fingerprint density at radius 1 is 1.47 bits per heavy atom. The van der Waals surface area contributed by atoms with Crippen molar-refractivity contribution in [2.45, 2.75) is 32.3 Å². The zero-order valence-corrected chi connectivity index (χ0v) is 8.77. The molecule has 1 unspecified atom stereocenters. The first kappa shape index (κ1) is 12.0. The van der Waals surface area contributed by atoms with Gasteiger partial charge in [-0.15, -0.1) is 0 Å². The predicted molar refractivity (Wildman–Crippen MR) is 53.2 cm³/mol. The molecular formula is C10H17NO4. The smallest absolute Gasteiger partial charge is 0.307 e. The molecule has 3 N–H and O–H groups in total. The number of carbonyl (C=O) groups is 2. The largest absolute Gasteiger partial charge is 0.481 e. The molecule has 0 heterocycles. The number of hydrogen-bond donors (Lipinski definition) is 3. The lowest BCUT2D eigenvalue weighted by Crippen LogP contribution is -2.29. The summed E-state index contributed by atoms with van der Waals surface area (Å²) >= 11 is 0. The molecule has 5 nitrogen and oxygen atoms in total. The highest BCUT2D eigenvalue weighted by atomic mass is 16.4. The predicted octanol–water partition coefficient (Wildman–Crippen LogP) is -0.0157. The first-order valence-electron chi connectivity index (χ1n) is 5.24. The third-order valence-corrected chi connectivity index (χ3v) is 2.69. The van der Waals surface area contributed by atoms with Gasteiger partial charge in [-0.3, -0.25) is 9.59 Å². The minimum Gasteiger partial charge on any atom is -0.481 e. The molecule has 0 aromatic carbocycles. The Labute approximate surface area is 88.5 Å². The molecule has 1 aliphatic carbocycles. The Hall–Kier alpha value is -1.10. The standard InChI is InChI=1S/C10H17NO4/c1-2-6(12)3-4-11-9(13)7-5-8(7)10(14)15/h6-8,12H,2-5H2,1H3,(H,11,13)(H,14,15)/t6?,7-,8+/m1/s1. The summed E-state index contributed by atoms with van der Waals surface area (Å²) in [5.74, 6) is -1.96. The third kappa shape index (κ3) is 3.51. The van der Waals surface area contributed by atoms with E-state index < -0.39 is 11.9 Å². The van der Waals surface area contributed by atoms with E-state index in [-0.39, 0.29) is 17.9 Å². The zero-order chi connectivity index (χ0) is 11.4. The van der Waals surface area contributed by atoms with Gasteiger partial charge in [0.15, 0.2) is 0 Å². The van der Waals surface area contributed by atoms with Crippen LogP contribution in [0.4, 0.5) is 0 Å². The van der Waals surface area contributed by atoms with E-state index in [0.29, 0.717) is 25.8 Å². The molecule has 0 radical (unpaired) electrons. The van der Waals surface area contributed by atoms with Crippen LogP contribution in [-0.2, 0) is 9.59 Å². The molecule has 0 saturated heterocycles. The van der Waals surface area contributed by atoms with Crippen LogP contribution in [0.2, 0.25) is 0 Å². The molecule has 0 aliphatic heterocycles. The molecule has 1 aliphatic rings. The summed E-state index contributed by atoms with van der Waals surface area (Å²) in [6.45, 7) is 2.28. The first-order chi connectivity index (χ1) is 7.06. The second-order valence-corrected chi connectivity index (χ2v) is 3.93. The molecule has 86 valence electrons. The van der Waals surface area contributed by atoms with E-state index in [1.807, 2.05) is 6.92 Å². The summed E-state index contributed by atoms with van der Waals surface area (Å²) in [5.41, 5.74) is 0. The van der Waals surface area contributed by atoms with Crippen molar-refractivity contribution in [1.29, 1.82) is 0 Å². The lowest BCUT2D eigenvalue weighted by atomic mass is 10.2. The van der Waals surface area contributed by atoms with Crippen molar-refractivity contribution in [3.63, 3.8) is 0 Å². The SMILES string of the molecule is CCC(O)CCNC(=O)[C@@H]1C[C@@H]1C(=O)O. The highest BCUT2D eigenvalue weighted by Gasteiger charge is 2.48. The Morgan fingerprint density at radius 2 is 2.13 bits per heavy atom. The maximum absolute atomic E-state index is 11.3. The van der Waals surface area contributed by atoms with Gasteiger partial charge in [-0.05, 0) is 19.3 Å². The Balaban J connectivity index is 2.13. The van der Waals surface area contributed by atoms with Crippen LogP contribution >= 0.6 is 0 Å². The number of carboxylic acid groups (broad SMARTS) is 1. The number of hydrogen-bond acceptors (Lipinski definition) is 3. The van der Waals surface area contributed by atoms with Crippen LogP contribution in [-0.4, -0.2) is 34.7 Å². The van der Waals surface area contributed by atoms with E-state index in [1.54, 1.807) is 0 Å². The minimum atomic E-state index is -0.899. The normalized spacial score (nSPS) is 25.7. The maximum atomic E-state index is 11.3. The third-order valence-electron chi connectivity index (χ3n) is 2.69. The van der Waals surface area contributed by atoms with E-state index in [4.69, 9.17) is 5.11 Å². The monoisotopic (exact) mass is 215 g/mol. The Morgan fingerprint density at radius 3 is 2.60 bits per heavy atom. The van der Waals surface area contributed by atoms with Crippen molar-refractivity contribution in [2.24, 2.45) is 11.8 Å². The summed E-state index contributed by atoms with van der Waals surface area (Å²) in [5, 5.41) is 20.5. The van der Waals surface area contributed by atoms with Gasteiger partial charge in [-0.1, -0.05) is 6.92 Å². The van der Waals surface area contributed by atoms with Gasteiger partial charge in [-0.2, -0.15) is 0 Å². The van der Waals surface area contributed by atoms with Crippen molar-refractivity contribution in [3.05, 3.63) is 0 Å². The summed E-state index contributed by atoms with van der Waals surface area (Å²) < 4.78 is 0. The summed E-state index contributed by atoms with van der Waals surface area (Å²) in [6, 6.07) is 0. The van der Waals surface area contributed by atoms with Gasteiger partial charge in [0.1, 0.15) is 0 Å². The fraction of sp³-hybridized carbons (Fsp3) is 0.800. The lowest BCUT2D eigenvalue weighted by Gasteiger charge is -2.08. The van der Waals surface area contributed by atoms with Crippen LogP contribution in [0.5, 0.6) is 0 Å². The van der Waals surface area contributed by atoms with Crippen molar-refractivity contribution >= 4 is 11.9 Å². The summed E-state index contributed by atoms with van der Waals surface area (Å²) in [6.07, 6.45) is 1.24. The number of amides is 1. The van der Waals surface area contributed by atoms with Crippen molar-refractivity contribution in [1.82, 2.24) is 5.32 Å².